The number of aromatic nitrogens is 3. The van der Waals surface area contributed by atoms with E-state index in [4.69, 9.17) is 0 Å². The molecule has 0 N–H and O–H groups in total. The Morgan fingerprint density at radius 3 is 2.41 bits per heavy atom. The van der Waals surface area contributed by atoms with Gasteiger partial charge < -0.3 is 4.57 Å². The molecule has 0 atom stereocenters. The molecule has 0 bridgehead atoms. The summed E-state index contributed by atoms with van der Waals surface area (Å²) in [6.45, 7) is 6.76. The van der Waals surface area contributed by atoms with Crippen LogP contribution in [0.3, 0.4) is 0 Å². The minimum Gasteiger partial charge on any atom is -0.304 e. The summed E-state index contributed by atoms with van der Waals surface area (Å²) in [6, 6.07) is 27.9. The van der Waals surface area contributed by atoms with Crippen LogP contribution in [-0.4, -0.2) is 9.55 Å². The molecule has 0 aliphatic rings. The van der Waals surface area contributed by atoms with E-state index in [2.05, 4.69) is 115 Å². The number of hydrogen-bond donors (Lipinski definition) is 0. The van der Waals surface area contributed by atoms with Gasteiger partial charge in [0, 0.05) is 35.0 Å². The first-order valence-electron chi connectivity index (χ1n) is 11.2. The number of aryl methyl sites for hydroxylation is 2. The van der Waals surface area contributed by atoms with Crippen LogP contribution < -0.4 is 4.57 Å². The minimum absolute atomic E-state index is 0.425. The van der Waals surface area contributed by atoms with Crippen LogP contribution in [0.4, 0.5) is 0 Å². The summed E-state index contributed by atoms with van der Waals surface area (Å²) in [4.78, 5) is 4.58. The predicted octanol–water partition coefficient (Wildman–Crippen LogP) is 6.62. The van der Waals surface area contributed by atoms with Gasteiger partial charge in [0.15, 0.2) is 6.20 Å². The Morgan fingerprint density at radius 2 is 1.62 bits per heavy atom. The number of fused-ring (bicyclic) bond motifs is 1. The van der Waals surface area contributed by atoms with Gasteiger partial charge in [0.05, 0.1) is 11.2 Å². The molecule has 0 spiro atoms. The van der Waals surface area contributed by atoms with Crippen LogP contribution in [0.15, 0.2) is 91.3 Å². The zero-order valence-electron chi connectivity index (χ0n) is 19.1. The first-order chi connectivity index (χ1) is 15.6. The first-order valence-corrected chi connectivity index (χ1v) is 11.2. The highest BCUT2D eigenvalue weighted by molar-refractivity contribution is 5.93. The number of pyridine rings is 2. The van der Waals surface area contributed by atoms with Gasteiger partial charge in [-0.3, -0.25) is 4.98 Å². The van der Waals surface area contributed by atoms with Crippen LogP contribution in [0.25, 0.3) is 39.2 Å². The fourth-order valence-corrected chi connectivity index (χ4v) is 4.64. The molecule has 3 nitrogen and oxygen atoms in total. The van der Waals surface area contributed by atoms with Crippen molar-refractivity contribution >= 4 is 10.9 Å². The molecular formula is C29H28N3+. The van der Waals surface area contributed by atoms with E-state index in [1.54, 1.807) is 0 Å². The Kier molecular flexibility index (Phi) is 5.10. The van der Waals surface area contributed by atoms with Crippen molar-refractivity contribution in [1.29, 1.82) is 0 Å². The SMILES string of the molecule is Cc1c(-c2cc(-c3ccccn3)cc[n+]2C)n(-c2ccccc2C(C)C)c2ccccc12. The van der Waals surface area contributed by atoms with Crippen molar-refractivity contribution in [2.75, 3.05) is 0 Å². The minimum atomic E-state index is 0.425. The molecule has 158 valence electrons. The third-order valence-corrected chi connectivity index (χ3v) is 6.28. The summed E-state index contributed by atoms with van der Waals surface area (Å²) in [5.41, 5.74) is 9.59. The Balaban J connectivity index is 1.86. The predicted molar refractivity (Wildman–Crippen MR) is 132 cm³/mol. The summed E-state index contributed by atoms with van der Waals surface area (Å²) in [7, 11) is 2.12. The van der Waals surface area contributed by atoms with E-state index in [-0.39, 0.29) is 0 Å². The maximum absolute atomic E-state index is 4.58. The van der Waals surface area contributed by atoms with E-state index in [0.717, 1.165) is 11.3 Å². The van der Waals surface area contributed by atoms with E-state index in [1.165, 1.54) is 39.1 Å². The van der Waals surface area contributed by atoms with Gasteiger partial charge in [0.1, 0.15) is 12.7 Å². The lowest BCUT2D eigenvalue weighted by Gasteiger charge is -2.17. The van der Waals surface area contributed by atoms with Crippen molar-refractivity contribution in [1.82, 2.24) is 9.55 Å². The zero-order valence-corrected chi connectivity index (χ0v) is 19.1. The van der Waals surface area contributed by atoms with Gasteiger partial charge in [-0.2, -0.15) is 4.57 Å². The van der Waals surface area contributed by atoms with E-state index in [9.17, 15) is 0 Å². The third kappa shape index (κ3) is 3.31. The van der Waals surface area contributed by atoms with E-state index < -0.39 is 0 Å². The topological polar surface area (TPSA) is 21.7 Å². The molecule has 3 aromatic heterocycles. The molecule has 3 heteroatoms. The lowest BCUT2D eigenvalue weighted by Crippen LogP contribution is -2.31. The molecule has 0 fully saturated rings. The molecule has 0 unspecified atom stereocenters. The Hall–Kier alpha value is -3.72. The number of para-hydroxylation sites is 2. The average molecular weight is 419 g/mol. The molecule has 0 saturated heterocycles. The second-order valence-corrected chi connectivity index (χ2v) is 8.67. The molecular weight excluding hydrogens is 390 g/mol. The molecule has 5 aromatic rings. The summed E-state index contributed by atoms with van der Waals surface area (Å²) in [5.74, 6) is 0.425. The smallest absolute Gasteiger partial charge is 0.230 e. The van der Waals surface area contributed by atoms with Crippen molar-refractivity contribution in [2.24, 2.45) is 7.05 Å². The van der Waals surface area contributed by atoms with Crippen molar-refractivity contribution in [2.45, 2.75) is 26.7 Å². The maximum atomic E-state index is 4.58. The van der Waals surface area contributed by atoms with Crippen molar-refractivity contribution in [3.8, 4) is 28.3 Å². The van der Waals surface area contributed by atoms with Crippen LogP contribution in [0.2, 0.25) is 0 Å². The monoisotopic (exact) mass is 418 g/mol. The number of benzene rings is 2. The highest BCUT2D eigenvalue weighted by atomic mass is 15.0. The normalized spacial score (nSPS) is 11.4. The van der Waals surface area contributed by atoms with Crippen LogP contribution in [-0.2, 0) is 7.05 Å². The van der Waals surface area contributed by atoms with Gasteiger partial charge in [-0.15, -0.1) is 0 Å². The molecule has 3 heterocycles. The fraction of sp³-hybridized carbons (Fsp3) is 0.172. The molecule has 0 radical (unpaired) electrons. The standard InChI is InChI=1S/C29H28N3/c1-20(2)23-11-5-7-14-26(23)32-27-15-8-6-12-24(27)21(3)29(32)28-19-22(16-18-31(28)4)25-13-9-10-17-30-25/h5-20H,1-4H3/q+1. The molecule has 5 rings (SSSR count). The second-order valence-electron chi connectivity index (χ2n) is 8.67. The fourth-order valence-electron chi connectivity index (χ4n) is 4.64. The largest absolute Gasteiger partial charge is 0.304 e. The highest BCUT2D eigenvalue weighted by Gasteiger charge is 2.25. The van der Waals surface area contributed by atoms with Crippen LogP contribution in [0.1, 0.15) is 30.9 Å². The van der Waals surface area contributed by atoms with E-state index in [1.807, 2.05) is 18.3 Å². The second kappa shape index (κ2) is 8.08. The van der Waals surface area contributed by atoms with Crippen molar-refractivity contribution < 1.29 is 4.57 Å². The number of nitrogens with zero attached hydrogens (tertiary/aromatic N) is 3. The van der Waals surface area contributed by atoms with Crippen LogP contribution in [0.5, 0.6) is 0 Å². The summed E-state index contributed by atoms with van der Waals surface area (Å²) in [5, 5.41) is 1.28. The number of hydrogen-bond acceptors (Lipinski definition) is 1. The highest BCUT2D eigenvalue weighted by Crippen LogP contribution is 2.37. The molecule has 2 aromatic carbocycles. The van der Waals surface area contributed by atoms with Gasteiger partial charge in [0.25, 0.3) is 0 Å². The van der Waals surface area contributed by atoms with Crippen LogP contribution in [0, 0.1) is 6.92 Å². The van der Waals surface area contributed by atoms with E-state index in [0.29, 0.717) is 5.92 Å². The van der Waals surface area contributed by atoms with Gasteiger partial charge in [-0.1, -0.05) is 56.3 Å². The summed E-state index contributed by atoms with van der Waals surface area (Å²) < 4.78 is 4.65. The van der Waals surface area contributed by atoms with Gasteiger partial charge in [0.2, 0.25) is 5.69 Å². The Labute approximate surface area is 189 Å². The lowest BCUT2D eigenvalue weighted by atomic mass is 10.0. The zero-order chi connectivity index (χ0) is 22.2. The Morgan fingerprint density at radius 1 is 0.875 bits per heavy atom. The third-order valence-electron chi connectivity index (χ3n) is 6.28. The quantitative estimate of drug-likeness (QED) is 0.301. The van der Waals surface area contributed by atoms with E-state index >= 15 is 0 Å². The summed E-state index contributed by atoms with van der Waals surface area (Å²) >= 11 is 0. The van der Waals surface area contributed by atoms with Gasteiger partial charge in [-0.05, 0) is 48.2 Å². The lowest BCUT2D eigenvalue weighted by molar-refractivity contribution is -0.660. The van der Waals surface area contributed by atoms with Crippen LogP contribution >= 0.6 is 0 Å². The molecule has 0 amide bonds. The maximum Gasteiger partial charge on any atom is 0.230 e. The molecule has 0 aliphatic carbocycles. The van der Waals surface area contributed by atoms with Crippen molar-refractivity contribution in [3.05, 3.63) is 102 Å². The first kappa shape index (κ1) is 20.2. The molecule has 0 saturated carbocycles. The number of rotatable bonds is 4. The Bertz CT molecular complexity index is 1410. The van der Waals surface area contributed by atoms with Gasteiger partial charge >= 0.3 is 0 Å². The van der Waals surface area contributed by atoms with Crippen molar-refractivity contribution in [3.63, 3.8) is 0 Å². The van der Waals surface area contributed by atoms with Gasteiger partial charge in [-0.25, -0.2) is 0 Å². The molecule has 0 aliphatic heterocycles. The average Bonchev–Trinajstić information content (AvgIpc) is 3.12. The molecule has 32 heavy (non-hydrogen) atoms. The summed E-state index contributed by atoms with van der Waals surface area (Å²) in [6.07, 6.45) is 3.98.